The Bertz CT molecular complexity index is 1390. The van der Waals surface area contributed by atoms with Gasteiger partial charge in [-0.25, -0.2) is 9.18 Å². The van der Waals surface area contributed by atoms with E-state index in [0.717, 1.165) is 5.56 Å². The molecular weight excluding hydrogens is 487 g/mol. The van der Waals surface area contributed by atoms with Crippen LogP contribution in [0.3, 0.4) is 0 Å². The van der Waals surface area contributed by atoms with Crippen LogP contribution in [0.1, 0.15) is 22.9 Å². The second-order valence-electron chi connectivity index (χ2n) is 9.13. The van der Waals surface area contributed by atoms with Crippen LogP contribution in [-0.4, -0.2) is 46.8 Å². The molecule has 2 aliphatic heterocycles. The number of rotatable bonds is 9. The van der Waals surface area contributed by atoms with E-state index in [9.17, 15) is 18.8 Å². The van der Waals surface area contributed by atoms with Crippen molar-refractivity contribution >= 4 is 17.8 Å². The maximum absolute atomic E-state index is 14.1. The van der Waals surface area contributed by atoms with Crippen LogP contribution < -0.4 is 10.6 Å². The highest BCUT2D eigenvalue weighted by molar-refractivity contribution is 6.03. The molecule has 2 atom stereocenters. The fraction of sp³-hybridized carbons (Fsp3) is 0.207. The molecule has 0 bridgehead atoms. The molecule has 0 radical (unpaired) electrons. The van der Waals surface area contributed by atoms with Gasteiger partial charge in [-0.15, -0.1) is 6.58 Å². The summed E-state index contributed by atoms with van der Waals surface area (Å²) in [6.07, 6.45) is 3.36. The van der Waals surface area contributed by atoms with E-state index in [1.165, 1.54) is 34.3 Å². The normalized spacial score (nSPS) is 17.8. The summed E-state index contributed by atoms with van der Waals surface area (Å²) in [6.45, 7) is 4.13. The van der Waals surface area contributed by atoms with Crippen molar-refractivity contribution in [3.63, 3.8) is 0 Å². The smallest absolute Gasteiger partial charge is 0.322 e. The summed E-state index contributed by atoms with van der Waals surface area (Å²) in [5.74, 6) is -0.637. The molecule has 194 valence electrons. The van der Waals surface area contributed by atoms with Crippen LogP contribution in [0.15, 0.2) is 101 Å². The number of nitrogens with one attached hydrogen (secondary N) is 2. The summed E-state index contributed by atoms with van der Waals surface area (Å²) in [6, 6.07) is 16.6. The molecule has 0 saturated heterocycles. The largest absolute Gasteiger partial charge is 0.467 e. The molecule has 0 unspecified atom stereocenters. The Labute approximate surface area is 219 Å². The Morgan fingerprint density at radius 3 is 2.68 bits per heavy atom. The van der Waals surface area contributed by atoms with Crippen molar-refractivity contribution in [3.8, 4) is 0 Å². The van der Waals surface area contributed by atoms with Crippen LogP contribution in [0.25, 0.3) is 0 Å². The standard InChI is InChI=1S/C29H27FN4O4/c1-2-13-33-24-18-34(28(36)25(24)26(32-29(33)37)20-10-6-11-21(30)16-20)23(15-19-8-4-3-5-9-19)27(35)31-17-22-12-7-14-38-22/h2-12,14,16,23,26H,1,13,15,17-18H2,(H,31,35)(H,32,37)/t23-,26-/m1/s1. The second kappa shape index (κ2) is 10.8. The second-order valence-corrected chi connectivity index (χ2v) is 9.13. The van der Waals surface area contributed by atoms with Crippen LogP contribution in [0.5, 0.6) is 0 Å². The monoisotopic (exact) mass is 514 g/mol. The van der Waals surface area contributed by atoms with E-state index < -0.39 is 29.8 Å². The number of benzene rings is 2. The van der Waals surface area contributed by atoms with Crippen LogP contribution in [-0.2, 0) is 22.6 Å². The van der Waals surface area contributed by atoms with Crippen LogP contribution in [0.4, 0.5) is 9.18 Å². The molecule has 2 N–H and O–H groups in total. The first-order valence-corrected chi connectivity index (χ1v) is 12.3. The molecule has 5 rings (SSSR count). The van der Waals surface area contributed by atoms with Gasteiger partial charge in [-0.2, -0.15) is 0 Å². The van der Waals surface area contributed by atoms with Gasteiger partial charge in [-0.05, 0) is 35.4 Å². The highest BCUT2D eigenvalue weighted by Gasteiger charge is 2.47. The third-order valence-corrected chi connectivity index (χ3v) is 6.71. The fourth-order valence-electron chi connectivity index (χ4n) is 4.91. The Kier molecular flexibility index (Phi) is 7.08. The van der Waals surface area contributed by atoms with Gasteiger partial charge < -0.3 is 20.0 Å². The van der Waals surface area contributed by atoms with Gasteiger partial charge >= 0.3 is 6.03 Å². The fourth-order valence-corrected chi connectivity index (χ4v) is 4.91. The number of halogens is 1. The Hall–Kier alpha value is -4.66. The van der Waals surface area contributed by atoms with Crippen molar-refractivity contribution in [2.45, 2.75) is 25.0 Å². The molecule has 38 heavy (non-hydrogen) atoms. The van der Waals surface area contributed by atoms with Gasteiger partial charge in [0.05, 0.1) is 36.7 Å². The highest BCUT2D eigenvalue weighted by Crippen LogP contribution is 2.37. The molecule has 1 aromatic heterocycles. The zero-order valence-corrected chi connectivity index (χ0v) is 20.6. The minimum absolute atomic E-state index is 0.0485. The molecule has 0 aliphatic carbocycles. The molecule has 2 aromatic carbocycles. The number of amides is 4. The summed E-state index contributed by atoms with van der Waals surface area (Å²) in [5.41, 5.74) is 2.11. The first-order valence-electron chi connectivity index (χ1n) is 12.3. The predicted molar refractivity (Wildman–Crippen MR) is 138 cm³/mol. The van der Waals surface area contributed by atoms with E-state index in [-0.39, 0.29) is 32.0 Å². The van der Waals surface area contributed by atoms with Crippen molar-refractivity contribution in [2.75, 3.05) is 13.1 Å². The molecule has 3 aromatic rings. The van der Waals surface area contributed by atoms with Crippen LogP contribution >= 0.6 is 0 Å². The van der Waals surface area contributed by atoms with E-state index in [0.29, 0.717) is 22.6 Å². The van der Waals surface area contributed by atoms with Crippen LogP contribution in [0.2, 0.25) is 0 Å². The molecule has 2 aliphatic rings. The average molecular weight is 515 g/mol. The van der Waals surface area contributed by atoms with Crippen molar-refractivity contribution in [3.05, 3.63) is 120 Å². The van der Waals surface area contributed by atoms with E-state index in [2.05, 4.69) is 17.2 Å². The van der Waals surface area contributed by atoms with Crippen molar-refractivity contribution in [2.24, 2.45) is 0 Å². The number of carbonyl (C=O) groups is 3. The predicted octanol–water partition coefficient (Wildman–Crippen LogP) is 3.70. The van der Waals surface area contributed by atoms with Gasteiger partial charge in [0, 0.05) is 13.0 Å². The quantitative estimate of drug-likeness (QED) is 0.426. The van der Waals surface area contributed by atoms with E-state index in [1.54, 1.807) is 24.3 Å². The Morgan fingerprint density at radius 2 is 1.97 bits per heavy atom. The lowest BCUT2D eigenvalue weighted by Crippen LogP contribution is -2.49. The van der Waals surface area contributed by atoms with Gasteiger partial charge in [0.15, 0.2) is 0 Å². The van der Waals surface area contributed by atoms with Crippen molar-refractivity contribution < 1.29 is 23.2 Å². The minimum atomic E-state index is -0.862. The zero-order valence-electron chi connectivity index (χ0n) is 20.6. The average Bonchev–Trinajstić information content (AvgIpc) is 3.56. The number of hydrogen-bond acceptors (Lipinski definition) is 4. The number of nitrogens with zero attached hydrogens (tertiary/aromatic N) is 2. The van der Waals surface area contributed by atoms with Gasteiger partial charge in [-0.1, -0.05) is 48.5 Å². The molecule has 3 heterocycles. The molecule has 0 spiro atoms. The van der Waals surface area contributed by atoms with Gasteiger partial charge in [-0.3, -0.25) is 14.5 Å². The summed E-state index contributed by atoms with van der Waals surface area (Å²) >= 11 is 0. The SMILES string of the molecule is C=CCN1C(=O)N[C@H](c2cccc(F)c2)C2=C1CN([C@H](Cc1ccccc1)C(=O)NCc1ccco1)C2=O. The Balaban J connectivity index is 1.49. The number of carbonyl (C=O) groups excluding carboxylic acids is 3. The Morgan fingerprint density at radius 1 is 1.16 bits per heavy atom. The van der Waals surface area contributed by atoms with E-state index in [1.807, 2.05) is 30.3 Å². The molecule has 0 saturated carbocycles. The van der Waals surface area contributed by atoms with Gasteiger partial charge in [0.2, 0.25) is 5.91 Å². The molecular formula is C29H27FN4O4. The molecule has 9 heteroatoms. The lowest BCUT2D eigenvalue weighted by Gasteiger charge is -2.33. The van der Waals surface area contributed by atoms with Gasteiger partial charge in [0.25, 0.3) is 5.91 Å². The third kappa shape index (κ3) is 4.95. The number of hydrogen-bond donors (Lipinski definition) is 2. The lowest BCUT2D eigenvalue weighted by atomic mass is 9.95. The minimum Gasteiger partial charge on any atom is -0.467 e. The van der Waals surface area contributed by atoms with Crippen molar-refractivity contribution in [1.82, 2.24) is 20.4 Å². The number of urea groups is 1. The van der Waals surface area contributed by atoms with E-state index >= 15 is 0 Å². The molecule has 4 amide bonds. The summed E-state index contributed by atoms with van der Waals surface area (Å²) in [4.78, 5) is 43.5. The third-order valence-electron chi connectivity index (χ3n) is 6.71. The first-order chi connectivity index (χ1) is 18.5. The molecule has 8 nitrogen and oxygen atoms in total. The lowest BCUT2D eigenvalue weighted by molar-refractivity contribution is -0.136. The van der Waals surface area contributed by atoms with Crippen LogP contribution in [0, 0.1) is 5.82 Å². The highest BCUT2D eigenvalue weighted by atomic mass is 19.1. The maximum Gasteiger partial charge on any atom is 0.322 e. The first kappa shape index (κ1) is 25.0. The van der Waals surface area contributed by atoms with Gasteiger partial charge in [0.1, 0.15) is 17.6 Å². The summed E-state index contributed by atoms with van der Waals surface area (Å²) in [7, 11) is 0. The molecule has 0 fully saturated rings. The number of furan rings is 1. The summed E-state index contributed by atoms with van der Waals surface area (Å²) in [5, 5.41) is 5.71. The zero-order chi connectivity index (χ0) is 26.6. The van der Waals surface area contributed by atoms with Crippen molar-refractivity contribution in [1.29, 1.82) is 0 Å². The summed E-state index contributed by atoms with van der Waals surface area (Å²) < 4.78 is 19.4. The maximum atomic E-state index is 14.1. The topological polar surface area (TPSA) is 94.9 Å². The van der Waals surface area contributed by atoms with E-state index in [4.69, 9.17) is 4.42 Å².